The molecule has 1 N–H and O–H groups in total. The Morgan fingerprint density at radius 3 is 1.43 bits per heavy atom. The van der Waals surface area contributed by atoms with Crippen LogP contribution in [0.25, 0.3) is 0 Å². The van der Waals surface area contributed by atoms with Gasteiger partial charge in [-0.25, -0.2) is 0 Å². The number of nitrogens with zero attached hydrogens (tertiary/aromatic N) is 4. The number of ether oxygens (including phenoxy) is 1. The van der Waals surface area contributed by atoms with Gasteiger partial charge < -0.3 is 29.6 Å². The number of β-amino-alcohol motifs (C(OH)–C–C–N with tert-alkyl or cyclic N) is 1. The number of hydrogen-bond donors (Lipinski definition) is 1. The van der Waals surface area contributed by atoms with E-state index in [1.54, 1.807) is 16.7 Å². The molecule has 0 aromatic carbocycles. The molecule has 1 saturated heterocycles. The van der Waals surface area contributed by atoms with Crippen molar-refractivity contribution in [1.29, 1.82) is 0 Å². The van der Waals surface area contributed by atoms with E-state index in [2.05, 4.69) is 0 Å². The predicted molar refractivity (Wildman–Crippen MR) is 99.5 cm³/mol. The minimum Gasteiger partial charge on any atom is -0.549 e. The van der Waals surface area contributed by atoms with Gasteiger partial charge in [0, 0.05) is 112 Å². The number of aliphatic carboxylic acids is 2. The molecule has 0 bridgehead atoms. The van der Waals surface area contributed by atoms with Gasteiger partial charge in [0.15, 0.2) is 0 Å². The summed E-state index contributed by atoms with van der Waals surface area (Å²) >= 11 is 0. The van der Waals surface area contributed by atoms with Gasteiger partial charge in [-0.05, 0) is 6.92 Å². The standard InChI is InChI=1S/C18H34N4O7.Gd/c1-15(23)11-19-3-5-20(12-16(24)25)7-9-22(14-18(28)29-2)10-8-21(6-4-19)13-17(26)27;/h15,23H,3-14H2,1-2H3,(H,24,25)(H,26,27);/p-2. The van der Waals surface area contributed by atoms with Gasteiger partial charge in [-0.3, -0.25) is 24.4 Å². The number of carboxylic acids is 2. The van der Waals surface area contributed by atoms with Crippen LogP contribution >= 0.6 is 0 Å². The Kier molecular flexibility index (Phi) is 16.0. The number of esters is 1. The van der Waals surface area contributed by atoms with Crippen LogP contribution < -0.4 is 10.2 Å². The third kappa shape index (κ3) is 13.8. The van der Waals surface area contributed by atoms with Gasteiger partial charge in [0.2, 0.25) is 0 Å². The minimum absolute atomic E-state index is 0. The first kappa shape index (κ1) is 29.5. The van der Waals surface area contributed by atoms with E-state index in [1.807, 2.05) is 9.80 Å². The van der Waals surface area contributed by atoms with Gasteiger partial charge in [-0.2, -0.15) is 0 Å². The summed E-state index contributed by atoms with van der Waals surface area (Å²) in [4.78, 5) is 41.1. The molecular formula is C18H32GdN4O7-2. The van der Waals surface area contributed by atoms with E-state index in [1.165, 1.54) is 7.11 Å². The molecule has 1 fully saturated rings. The van der Waals surface area contributed by atoms with Crippen molar-refractivity contribution in [3.05, 3.63) is 0 Å². The summed E-state index contributed by atoms with van der Waals surface area (Å²) in [7, 11) is 1.29. The molecule has 0 aromatic heterocycles. The number of aliphatic hydroxyl groups excluding tert-OH is 1. The van der Waals surface area contributed by atoms with Crippen LogP contribution in [0.4, 0.5) is 0 Å². The Morgan fingerprint density at radius 1 is 0.800 bits per heavy atom. The molecule has 0 aliphatic carbocycles. The SMILES string of the molecule is COC(=O)CN1CCN(CC(=O)[O-])CCN(CC(C)O)CCN(CC(=O)[O-])CC1.[Gd]. The van der Waals surface area contributed by atoms with Crippen molar-refractivity contribution in [2.45, 2.75) is 13.0 Å². The summed E-state index contributed by atoms with van der Waals surface area (Å²) in [6.07, 6.45) is -0.567. The predicted octanol–water partition coefficient (Wildman–Crippen LogP) is -4.74. The van der Waals surface area contributed by atoms with Gasteiger partial charge in [0.05, 0.1) is 31.7 Å². The van der Waals surface area contributed by atoms with Crippen LogP contribution in [-0.2, 0) is 19.1 Å². The average Bonchev–Trinajstić information content (AvgIpc) is 2.62. The first-order valence-electron chi connectivity index (χ1n) is 9.73. The van der Waals surface area contributed by atoms with E-state index in [9.17, 15) is 29.7 Å². The van der Waals surface area contributed by atoms with Gasteiger partial charge in [0.1, 0.15) is 0 Å². The smallest absolute Gasteiger partial charge is 0.319 e. The van der Waals surface area contributed by atoms with Crippen molar-refractivity contribution in [3.63, 3.8) is 0 Å². The molecule has 1 rings (SSSR count). The molecule has 176 valence electrons. The van der Waals surface area contributed by atoms with E-state index >= 15 is 0 Å². The number of methoxy groups -OCH3 is 1. The van der Waals surface area contributed by atoms with Crippen molar-refractivity contribution in [1.82, 2.24) is 19.6 Å². The number of carbonyl (C=O) groups excluding carboxylic acids is 3. The first-order valence-corrected chi connectivity index (χ1v) is 9.73. The molecule has 0 saturated carbocycles. The largest absolute Gasteiger partial charge is 0.549 e. The van der Waals surface area contributed by atoms with Crippen LogP contribution in [0.2, 0.25) is 0 Å². The normalized spacial score (nSPS) is 19.7. The maximum atomic E-state index is 11.7. The molecule has 30 heavy (non-hydrogen) atoms. The van der Waals surface area contributed by atoms with Crippen LogP contribution in [0.15, 0.2) is 0 Å². The van der Waals surface area contributed by atoms with Crippen molar-refractivity contribution in [2.75, 3.05) is 85.6 Å². The summed E-state index contributed by atoms with van der Waals surface area (Å²) in [5.74, 6) is -2.78. The Bertz CT molecular complexity index is 507. The van der Waals surface area contributed by atoms with E-state index < -0.39 is 24.0 Å². The van der Waals surface area contributed by atoms with Crippen LogP contribution in [0.5, 0.6) is 0 Å². The van der Waals surface area contributed by atoms with Gasteiger partial charge in [0.25, 0.3) is 0 Å². The summed E-state index contributed by atoms with van der Waals surface area (Å²) < 4.78 is 4.71. The molecular weight excluding hydrogens is 541 g/mol. The van der Waals surface area contributed by atoms with Crippen molar-refractivity contribution in [2.24, 2.45) is 0 Å². The number of hydrogen-bond acceptors (Lipinski definition) is 11. The maximum Gasteiger partial charge on any atom is 0.319 e. The third-order valence-electron chi connectivity index (χ3n) is 4.74. The second kappa shape index (κ2) is 16.2. The number of rotatable bonds is 8. The molecule has 0 radical (unpaired) electrons. The number of carbonyl (C=O) groups is 3. The van der Waals surface area contributed by atoms with E-state index in [0.717, 1.165) is 0 Å². The maximum absolute atomic E-state index is 11.7. The molecule has 1 aliphatic rings. The molecule has 0 aromatic rings. The first-order chi connectivity index (χ1) is 13.7. The summed E-state index contributed by atoms with van der Waals surface area (Å²) in [5, 5.41) is 31.9. The van der Waals surface area contributed by atoms with Gasteiger partial charge >= 0.3 is 5.97 Å². The fourth-order valence-electron chi connectivity index (χ4n) is 3.22. The summed E-state index contributed by atoms with van der Waals surface area (Å²) in [6, 6.07) is 0. The van der Waals surface area contributed by atoms with E-state index in [0.29, 0.717) is 58.9 Å². The van der Waals surface area contributed by atoms with E-state index in [-0.39, 0.29) is 59.6 Å². The quantitative estimate of drug-likeness (QED) is 0.280. The summed E-state index contributed by atoms with van der Waals surface area (Å²) in [6.45, 7) is 5.15. The number of aliphatic hydroxyl groups is 1. The Morgan fingerprint density at radius 2 is 1.13 bits per heavy atom. The minimum atomic E-state index is -1.18. The molecule has 1 aliphatic heterocycles. The molecule has 11 nitrogen and oxygen atoms in total. The Balaban J connectivity index is 0.00000841. The van der Waals surface area contributed by atoms with Crippen molar-refractivity contribution < 1.29 is 74.4 Å². The van der Waals surface area contributed by atoms with Crippen LogP contribution in [0.1, 0.15) is 6.92 Å². The fourth-order valence-corrected chi connectivity index (χ4v) is 3.22. The zero-order valence-corrected chi connectivity index (χ0v) is 19.9. The molecule has 0 amide bonds. The molecule has 0 spiro atoms. The van der Waals surface area contributed by atoms with Crippen molar-refractivity contribution in [3.8, 4) is 0 Å². The molecule has 1 atom stereocenters. The van der Waals surface area contributed by atoms with Crippen LogP contribution in [-0.4, -0.2) is 134 Å². The summed E-state index contributed by atoms with van der Waals surface area (Å²) in [5.41, 5.74) is 0. The Labute approximate surface area is 209 Å². The zero-order chi connectivity index (χ0) is 21.8. The second-order valence-electron chi connectivity index (χ2n) is 7.30. The van der Waals surface area contributed by atoms with Crippen LogP contribution in [0, 0.1) is 39.9 Å². The second-order valence-corrected chi connectivity index (χ2v) is 7.30. The van der Waals surface area contributed by atoms with E-state index in [4.69, 9.17) is 4.74 Å². The van der Waals surface area contributed by atoms with Gasteiger partial charge in [-0.15, -0.1) is 0 Å². The molecule has 1 unspecified atom stereocenters. The van der Waals surface area contributed by atoms with Gasteiger partial charge in [-0.1, -0.05) is 0 Å². The zero-order valence-electron chi connectivity index (χ0n) is 17.6. The Hall–Kier alpha value is -0.465. The fraction of sp³-hybridized carbons (Fsp3) is 0.833. The number of carboxylic acid groups (broad SMARTS) is 2. The molecule has 12 heteroatoms. The van der Waals surface area contributed by atoms with Crippen molar-refractivity contribution >= 4 is 17.9 Å². The third-order valence-corrected chi connectivity index (χ3v) is 4.74. The topological polar surface area (TPSA) is 140 Å². The molecule has 1 heterocycles. The van der Waals surface area contributed by atoms with Crippen LogP contribution in [0.3, 0.4) is 0 Å². The monoisotopic (exact) mass is 574 g/mol. The average molecular weight is 574 g/mol.